The molecule has 0 saturated carbocycles. The molecule has 1 aliphatic heterocycles. The molecule has 2 heterocycles. The Labute approximate surface area is 178 Å². The zero-order valence-electron chi connectivity index (χ0n) is 15.4. The van der Waals surface area contributed by atoms with Crippen molar-refractivity contribution in [3.05, 3.63) is 50.7 Å². The van der Waals surface area contributed by atoms with E-state index in [0.29, 0.717) is 16.6 Å². The molecule has 0 radical (unpaired) electrons. The molecule has 152 valence electrons. The van der Waals surface area contributed by atoms with Crippen LogP contribution >= 0.6 is 27.7 Å². The van der Waals surface area contributed by atoms with Gasteiger partial charge in [-0.2, -0.15) is 0 Å². The van der Waals surface area contributed by atoms with Gasteiger partial charge in [0.15, 0.2) is 11.5 Å². The van der Waals surface area contributed by atoms with E-state index in [-0.39, 0.29) is 34.5 Å². The molecule has 10 heteroatoms. The van der Waals surface area contributed by atoms with Crippen LogP contribution in [0.2, 0.25) is 0 Å². The molecule has 0 spiro atoms. The standard InChI is InChI=1S/C19H16BrNO7S/c1-3-27-14-8-11(20)6-10(16(14)22)7-15-17(23)21(19(25)29-15)9-12-4-5-13(28-12)18(24)26-2/h4-8,22H,3,9H2,1-2H3. The monoisotopic (exact) mass is 481 g/mol. The Balaban J connectivity index is 1.84. The quantitative estimate of drug-likeness (QED) is 0.483. The van der Waals surface area contributed by atoms with Crippen LogP contribution in [0.15, 0.2) is 38.1 Å². The zero-order chi connectivity index (χ0) is 21.1. The summed E-state index contributed by atoms with van der Waals surface area (Å²) in [6.45, 7) is 2.01. The summed E-state index contributed by atoms with van der Waals surface area (Å²) in [6.07, 6.45) is 1.43. The predicted octanol–water partition coefficient (Wildman–Crippen LogP) is 4.17. The minimum absolute atomic E-state index is 0.0208. The van der Waals surface area contributed by atoms with Crippen molar-refractivity contribution in [2.45, 2.75) is 13.5 Å². The fourth-order valence-corrected chi connectivity index (χ4v) is 3.86. The van der Waals surface area contributed by atoms with Crippen LogP contribution in [0.3, 0.4) is 0 Å². The summed E-state index contributed by atoms with van der Waals surface area (Å²) in [5.74, 6) is -0.812. The van der Waals surface area contributed by atoms with E-state index in [9.17, 15) is 19.5 Å². The van der Waals surface area contributed by atoms with E-state index in [0.717, 1.165) is 16.7 Å². The normalized spacial score (nSPS) is 15.3. The second-order valence-corrected chi connectivity index (χ2v) is 7.71. The molecule has 1 aliphatic rings. The Morgan fingerprint density at radius 2 is 2.10 bits per heavy atom. The second kappa shape index (κ2) is 8.75. The van der Waals surface area contributed by atoms with Crippen molar-refractivity contribution >= 4 is 50.9 Å². The van der Waals surface area contributed by atoms with Crippen molar-refractivity contribution in [1.82, 2.24) is 4.90 Å². The number of thioether (sulfide) groups is 1. The summed E-state index contributed by atoms with van der Waals surface area (Å²) in [6, 6.07) is 6.12. The molecular weight excluding hydrogens is 466 g/mol. The molecule has 0 bridgehead atoms. The number of phenolic OH excluding ortho intramolecular Hbond substituents is 1. The number of esters is 1. The van der Waals surface area contributed by atoms with Crippen molar-refractivity contribution in [2.24, 2.45) is 0 Å². The summed E-state index contributed by atoms with van der Waals surface area (Å²) in [7, 11) is 1.22. The minimum atomic E-state index is -0.652. The van der Waals surface area contributed by atoms with Crippen molar-refractivity contribution < 1.29 is 33.4 Å². The molecule has 1 aromatic heterocycles. The lowest BCUT2D eigenvalue weighted by atomic mass is 10.1. The second-order valence-electron chi connectivity index (χ2n) is 5.80. The van der Waals surface area contributed by atoms with Crippen LogP contribution in [-0.2, 0) is 16.1 Å². The van der Waals surface area contributed by atoms with Crippen LogP contribution in [0.25, 0.3) is 6.08 Å². The SMILES string of the molecule is CCOc1cc(Br)cc(C=C2SC(=O)N(Cc3ccc(C(=O)OC)o3)C2=O)c1O. The summed E-state index contributed by atoms with van der Waals surface area (Å²) >= 11 is 4.08. The molecule has 1 saturated heterocycles. The summed E-state index contributed by atoms with van der Waals surface area (Å²) in [4.78, 5) is 37.6. The lowest BCUT2D eigenvalue weighted by molar-refractivity contribution is -0.123. The Bertz CT molecular complexity index is 1010. The molecule has 1 aromatic carbocycles. The molecular formula is C19H16BrNO7S. The van der Waals surface area contributed by atoms with E-state index in [1.54, 1.807) is 19.1 Å². The Morgan fingerprint density at radius 1 is 1.34 bits per heavy atom. The molecule has 0 aliphatic carbocycles. The molecule has 2 amide bonds. The number of carbonyl (C=O) groups excluding carboxylic acids is 3. The maximum atomic E-state index is 12.7. The number of aromatic hydroxyl groups is 1. The lowest BCUT2D eigenvalue weighted by Crippen LogP contribution is -2.27. The van der Waals surface area contributed by atoms with Crippen molar-refractivity contribution in [2.75, 3.05) is 13.7 Å². The van der Waals surface area contributed by atoms with Gasteiger partial charge < -0.3 is 19.0 Å². The maximum Gasteiger partial charge on any atom is 0.373 e. The van der Waals surface area contributed by atoms with Gasteiger partial charge in [-0.15, -0.1) is 0 Å². The number of phenols is 1. The Hall–Kier alpha value is -2.72. The third kappa shape index (κ3) is 4.48. The summed E-state index contributed by atoms with van der Waals surface area (Å²) < 4.78 is 15.9. The number of ether oxygens (including phenoxy) is 2. The van der Waals surface area contributed by atoms with Crippen LogP contribution < -0.4 is 4.74 Å². The van der Waals surface area contributed by atoms with Gasteiger partial charge in [-0.25, -0.2) is 4.79 Å². The summed E-state index contributed by atoms with van der Waals surface area (Å²) in [5, 5.41) is 9.88. The highest BCUT2D eigenvalue weighted by atomic mass is 79.9. The van der Waals surface area contributed by atoms with Crippen molar-refractivity contribution in [3.8, 4) is 11.5 Å². The number of hydrogen-bond acceptors (Lipinski definition) is 8. The predicted molar refractivity (Wildman–Crippen MR) is 109 cm³/mol. The highest BCUT2D eigenvalue weighted by Crippen LogP contribution is 2.39. The van der Waals surface area contributed by atoms with Crippen molar-refractivity contribution in [3.63, 3.8) is 0 Å². The van der Waals surface area contributed by atoms with Gasteiger partial charge in [0.2, 0.25) is 5.76 Å². The third-order valence-electron chi connectivity index (χ3n) is 3.89. The largest absolute Gasteiger partial charge is 0.504 e. The number of furan rings is 1. The van der Waals surface area contributed by atoms with Gasteiger partial charge in [0.25, 0.3) is 11.1 Å². The molecule has 0 atom stereocenters. The van der Waals surface area contributed by atoms with E-state index in [2.05, 4.69) is 20.7 Å². The third-order valence-corrected chi connectivity index (χ3v) is 5.26. The number of halogens is 1. The molecule has 1 N–H and O–H groups in total. The average molecular weight is 482 g/mol. The van der Waals surface area contributed by atoms with Gasteiger partial charge in [-0.3, -0.25) is 14.5 Å². The number of rotatable bonds is 6. The molecule has 0 unspecified atom stereocenters. The molecule has 29 heavy (non-hydrogen) atoms. The molecule has 2 aromatic rings. The number of benzene rings is 1. The zero-order valence-corrected chi connectivity index (χ0v) is 17.8. The van der Waals surface area contributed by atoms with Gasteiger partial charge in [-0.1, -0.05) is 15.9 Å². The lowest BCUT2D eigenvalue weighted by Gasteiger charge is -2.10. The average Bonchev–Trinajstić information content (AvgIpc) is 3.25. The molecule has 3 rings (SSSR count). The minimum Gasteiger partial charge on any atom is -0.504 e. The highest BCUT2D eigenvalue weighted by molar-refractivity contribution is 9.10. The molecule has 1 fully saturated rings. The van der Waals surface area contributed by atoms with E-state index < -0.39 is 17.1 Å². The van der Waals surface area contributed by atoms with E-state index in [1.807, 2.05) is 0 Å². The fraction of sp³-hybridized carbons (Fsp3) is 0.211. The van der Waals surface area contributed by atoms with Gasteiger partial charge in [0.1, 0.15) is 5.76 Å². The van der Waals surface area contributed by atoms with E-state index in [4.69, 9.17) is 9.15 Å². The molecule has 8 nitrogen and oxygen atoms in total. The number of amides is 2. The first-order valence-corrected chi connectivity index (χ1v) is 10.0. The number of methoxy groups -OCH3 is 1. The topological polar surface area (TPSA) is 106 Å². The Morgan fingerprint density at radius 3 is 2.79 bits per heavy atom. The van der Waals surface area contributed by atoms with Crippen LogP contribution in [0.1, 0.15) is 28.8 Å². The van der Waals surface area contributed by atoms with Crippen LogP contribution in [0, 0.1) is 0 Å². The van der Waals surface area contributed by atoms with Crippen molar-refractivity contribution in [1.29, 1.82) is 0 Å². The van der Waals surface area contributed by atoms with Crippen LogP contribution in [0.4, 0.5) is 4.79 Å². The Kier molecular flexibility index (Phi) is 6.33. The van der Waals surface area contributed by atoms with Gasteiger partial charge >= 0.3 is 5.97 Å². The van der Waals surface area contributed by atoms with Gasteiger partial charge in [0.05, 0.1) is 25.2 Å². The maximum absolute atomic E-state index is 12.7. The van der Waals surface area contributed by atoms with E-state index >= 15 is 0 Å². The number of nitrogens with zero attached hydrogens (tertiary/aromatic N) is 1. The van der Waals surface area contributed by atoms with E-state index in [1.165, 1.54) is 25.3 Å². The summed E-state index contributed by atoms with van der Waals surface area (Å²) in [5.41, 5.74) is 0.333. The highest BCUT2D eigenvalue weighted by Gasteiger charge is 2.36. The van der Waals surface area contributed by atoms with Crippen LogP contribution in [0.5, 0.6) is 11.5 Å². The first-order valence-electron chi connectivity index (χ1n) is 8.41. The number of hydrogen-bond donors (Lipinski definition) is 1. The number of carbonyl (C=O) groups is 3. The van der Waals surface area contributed by atoms with Gasteiger partial charge in [0, 0.05) is 10.0 Å². The smallest absolute Gasteiger partial charge is 0.373 e. The van der Waals surface area contributed by atoms with Gasteiger partial charge in [-0.05, 0) is 49.0 Å². The first kappa shape index (κ1) is 21.0. The van der Waals surface area contributed by atoms with Crippen LogP contribution in [-0.4, -0.2) is 40.8 Å². The number of imide groups is 1. The fourth-order valence-electron chi connectivity index (χ4n) is 2.58. The first-order chi connectivity index (χ1) is 13.8.